The molecule has 5 nitrogen and oxygen atoms in total. The van der Waals surface area contributed by atoms with Crippen molar-refractivity contribution in [3.8, 4) is 5.69 Å². The van der Waals surface area contributed by atoms with Crippen molar-refractivity contribution in [2.75, 3.05) is 5.73 Å². The zero-order valence-corrected chi connectivity index (χ0v) is 11.5. The summed E-state index contributed by atoms with van der Waals surface area (Å²) < 4.78 is 2.69. The maximum atomic E-state index is 5.90. The molecule has 1 aliphatic carbocycles. The Morgan fingerprint density at radius 3 is 2.78 bits per heavy atom. The second-order valence-electron chi connectivity index (χ2n) is 4.64. The second-order valence-corrected chi connectivity index (χ2v) is 5.49. The number of nitrogens with zero attached hydrogens (tertiary/aromatic N) is 4. The number of nitrogen functional groups attached to an aromatic ring is 1. The minimum absolute atomic E-state index is 0.477. The first-order chi connectivity index (χ1) is 8.75. The van der Waals surface area contributed by atoms with Crippen molar-refractivity contribution < 1.29 is 0 Å². The van der Waals surface area contributed by atoms with Crippen molar-refractivity contribution >= 4 is 21.6 Å². The highest BCUT2D eigenvalue weighted by atomic mass is 79.9. The average Bonchev–Trinajstić information content (AvgIpc) is 3.00. The molecule has 18 heavy (non-hydrogen) atoms. The molecule has 1 saturated carbocycles. The predicted molar refractivity (Wildman–Crippen MR) is 72.5 cm³/mol. The monoisotopic (exact) mass is 307 g/mol. The first kappa shape index (κ1) is 11.6. The molecule has 0 amide bonds. The SMILES string of the molecule is Nc1cc(-n2nnnc2C2CCCC2)ccc1Br. The molecule has 94 valence electrons. The highest BCUT2D eigenvalue weighted by Gasteiger charge is 2.23. The zero-order chi connectivity index (χ0) is 12.5. The summed E-state index contributed by atoms with van der Waals surface area (Å²) in [5.74, 6) is 1.43. The summed E-state index contributed by atoms with van der Waals surface area (Å²) in [4.78, 5) is 0. The second kappa shape index (κ2) is 4.68. The normalized spacial score (nSPS) is 16.3. The van der Waals surface area contributed by atoms with Crippen LogP contribution < -0.4 is 5.73 Å². The Kier molecular flexibility index (Phi) is 3.03. The first-order valence-corrected chi connectivity index (χ1v) is 6.88. The van der Waals surface area contributed by atoms with Crippen molar-refractivity contribution in [2.24, 2.45) is 0 Å². The molecule has 0 unspecified atom stereocenters. The Balaban J connectivity index is 2.00. The number of anilines is 1. The number of halogens is 1. The van der Waals surface area contributed by atoms with Gasteiger partial charge in [0.2, 0.25) is 0 Å². The molecule has 1 aromatic carbocycles. The number of rotatable bonds is 2. The maximum Gasteiger partial charge on any atom is 0.159 e. The van der Waals surface area contributed by atoms with Gasteiger partial charge in [-0.05, 0) is 57.4 Å². The van der Waals surface area contributed by atoms with Crippen LogP contribution in [0.4, 0.5) is 5.69 Å². The lowest BCUT2D eigenvalue weighted by Crippen LogP contribution is -2.07. The lowest BCUT2D eigenvalue weighted by Gasteiger charge is -2.10. The molecule has 0 saturated heterocycles. The van der Waals surface area contributed by atoms with E-state index in [9.17, 15) is 0 Å². The molecule has 0 spiro atoms. The van der Waals surface area contributed by atoms with Gasteiger partial charge >= 0.3 is 0 Å². The van der Waals surface area contributed by atoms with Crippen LogP contribution in [-0.4, -0.2) is 20.2 Å². The topological polar surface area (TPSA) is 69.6 Å². The Morgan fingerprint density at radius 1 is 1.28 bits per heavy atom. The van der Waals surface area contributed by atoms with Gasteiger partial charge in [-0.2, -0.15) is 4.68 Å². The highest BCUT2D eigenvalue weighted by molar-refractivity contribution is 9.10. The van der Waals surface area contributed by atoms with Crippen LogP contribution in [0.15, 0.2) is 22.7 Å². The van der Waals surface area contributed by atoms with E-state index in [2.05, 4.69) is 31.5 Å². The van der Waals surface area contributed by atoms with Gasteiger partial charge in [-0.3, -0.25) is 0 Å². The van der Waals surface area contributed by atoms with Crippen molar-refractivity contribution in [1.82, 2.24) is 20.2 Å². The lowest BCUT2D eigenvalue weighted by molar-refractivity contribution is 0.636. The van der Waals surface area contributed by atoms with E-state index < -0.39 is 0 Å². The summed E-state index contributed by atoms with van der Waals surface area (Å²) in [6.07, 6.45) is 4.87. The maximum absolute atomic E-state index is 5.90. The third-order valence-electron chi connectivity index (χ3n) is 3.44. The summed E-state index contributed by atoms with van der Waals surface area (Å²) in [6, 6.07) is 5.78. The smallest absolute Gasteiger partial charge is 0.159 e. The molecule has 0 aliphatic heterocycles. The van der Waals surface area contributed by atoms with E-state index in [-0.39, 0.29) is 0 Å². The van der Waals surface area contributed by atoms with Gasteiger partial charge in [-0.15, -0.1) is 5.10 Å². The molecule has 0 radical (unpaired) electrons. The van der Waals surface area contributed by atoms with Crippen molar-refractivity contribution in [1.29, 1.82) is 0 Å². The van der Waals surface area contributed by atoms with Crippen molar-refractivity contribution in [3.63, 3.8) is 0 Å². The zero-order valence-electron chi connectivity index (χ0n) is 9.88. The summed E-state index contributed by atoms with van der Waals surface area (Å²) in [6.45, 7) is 0. The van der Waals surface area contributed by atoms with Crippen LogP contribution in [0, 0.1) is 0 Å². The molecule has 0 atom stereocenters. The minimum atomic E-state index is 0.477. The molecule has 1 aromatic heterocycles. The molecular formula is C12H14BrN5. The number of hydrogen-bond acceptors (Lipinski definition) is 4. The van der Waals surface area contributed by atoms with Gasteiger partial charge in [0.05, 0.1) is 5.69 Å². The molecule has 1 fully saturated rings. The molecule has 2 aromatic rings. The predicted octanol–water partition coefficient (Wildman–Crippen LogP) is 2.66. The summed E-state index contributed by atoms with van der Waals surface area (Å²) in [5, 5.41) is 12.1. The van der Waals surface area contributed by atoms with Gasteiger partial charge in [0, 0.05) is 16.1 Å². The molecule has 2 N–H and O–H groups in total. The lowest BCUT2D eigenvalue weighted by atomic mass is 10.1. The number of nitrogens with two attached hydrogens (primary N) is 1. The van der Waals surface area contributed by atoms with Crippen LogP contribution in [0.1, 0.15) is 37.4 Å². The first-order valence-electron chi connectivity index (χ1n) is 6.09. The summed E-state index contributed by atoms with van der Waals surface area (Å²) in [5.41, 5.74) is 7.52. The van der Waals surface area contributed by atoms with E-state index in [1.54, 1.807) is 4.68 Å². The third kappa shape index (κ3) is 2.01. The van der Waals surface area contributed by atoms with Crippen molar-refractivity contribution in [2.45, 2.75) is 31.6 Å². The van der Waals surface area contributed by atoms with Gasteiger partial charge in [0.25, 0.3) is 0 Å². The quantitative estimate of drug-likeness (QED) is 0.866. The summed E-state index contributed by atoms with van der Waals surface area (Å²) in [7, 11) is 0. The highest BCUT2D eigenvalue weighted by Crippen LogP contribution is 2.33. The van der Waals surface area contributed by atoms with Gasteiger partial charge in [0.15, 0.2) is 5.82 Å². The van der Waals surface area contributed by atoms with Gasteiger partial charge in [0.1, 0.15) is 0 Å². The Labute approximate surface area is 113 Å². The van der Waals surface area contributed by atoms with E-state index in [4.69, 9.17) is 5.73 Å². The fourth-order valence-corrected chi connectivity index (χ4v) is 2.73. The number of hydrogen-bond donors (Lipinski definition) is 1. The van der Waals surface area contributed by atoms with Crippen LogP contribution in [0.2, 0.25) is 0 Å². The Morgan fingerprint density at radius 2 is 2.06 bits per heavy atom. The summed E-state index contributed by atoms with van der Waals surface area (Å²) >= 11 is 3.39. The molecule has 1 heterocycles. The average molecular weight is 308 g/mol. The van der Waals surface area contributed by atoms with E-state index in [0.29, 0.717) is 11.6 Å². The number of tetrazole rings is 1. The van der Waals surface area contributed by atoms with Gasteiger partial charge in [-0.25, -0.2) is 0 Å². The number of benzene rings is 1. The molecular weight excluding hydrogens is 294 g/mol. The van der Waals surface area contributed by atoms with E-state index in [0.717, 1.165) is 16.0 Å². The number of aromatic nitrogens is 4. The minimum Gasteiger partial charge on any atom is -0.398 e. The fourth-order valence-electron chi connectivity index (χ4n) is 2.48. The Hall–Kier alpha value is -1.43. The Bertz CT molecular complexity index is 559. The van der Waals surface area contributed by atoms with Gasteiger partial charge in [-0.1, -0.05) is 12.8 Å². The van der Waals surface area contributed by atoms with Crippen LogP contribution in [0.25, 0.3) is 5.69 Å². The van der Waals surface area contributed by atoms with Crippen LogP contribution in [0.5, 0.6) is 0 Å². The van der Waals surface area contributed by atoms with Crippen molar-refractivity contribution in [3.05, 3.63) is 28.5 Å². The largest absolute Gasteiger partial charge is 0.398 e. The molecule has 3 rings (SSSR count). The van der Waals surface area contributed by atoms with E-state index in [1.165, 1.54) is 25.7 Å². The third-order valence-corrected chi connectivity index (χ3v) is 4.16. The van der Waals surface area contributed by atoms with E-state index in [1.807, 2.05) is 18.2 Å². The molecule has 6 heteroatoms. The standard InChI is InChI=1S/C12H14BrN5/c13-10-6-5-9(7-11(10)14)18-12(15-16-17-18)8-3-1-2-4-8/h5-8H,1-4,14H2. The fraction of sp³-hybridized carbons (Fsp3) is 0.417. The van der Waals surface area contributed by atoms with Crippen LogP contribution in [0.3, 0.4) is 0 Å². The van der Waals surface area contributed by atoms with Gasteiger partial charge < -0.3 is 5.73 Å². The van der Waals surface area contributed by atoms with E-state index >= 15 is 0 Å². The van der Waals surface area contributed by atoms with Crippen LogP contribution >= 0.6 is 15.9 Å². The molecule has 0 bridgehead atoms. The van der Waals surface area contributed by atoms with Crippen LogP contribution in [-0.2, 0) is 0 Å². The molecule has 1 aliphatic rings.